The molecule has 1 amide bonds. The lowest BCUT2D eigenvalue weighted by Gasteiger charge is -2.09. The summed E-state index contributed by atoms with van der Waals surface area (Å²) in [5.74, 6) is 0.855. The van der Waals surface area contributed by atoms with Gasteiger partial charge in [0.1, 0.15) is 5.75 Å². The van der Waals surface area contributed by atoms with Gasteiger partial charge in [-0.25, -0.2) is 4.98 Å². The molecular weight excluding hydrogens is 368 g/mol. The molecule has 26 heavy (non-hydrogen) atoms. The Morgan fingerprint density at radius 2 is 2.12 bits per heavy atom. The number of hydrogen-bond donors (Lipinski definition) is 1. The molecule has 0 fully saturated rings. The molecular formula is C20H21ClN2O2S. The second kappa shape index (κ2) is 9.01. The summed E-state index contributed by atoms with van der Waals surface area (Å²) in [5, 5.41) is 4.69. The number of hydrogen-bond acceptors (Lipinski definition) is 4. The number of thiazole rings is 1. The second-order valence-electron chi connectivity index (χ2n) is 6.04. The van der Waals surface area contributed by atoms with E-state index in [9.17, 15) is 4.79 Å². The van der Waals surface area contributed by atoms with Crippen LogP contribution < -0.4 is 10.1 Å². The number of halogens is 1. The zero-order valence-corrected chi connectivity index (χ0v) is 16.2. The van der Waals surface area contributed by atoms with E-state index in [1.54, 1.807) is 17.4 Å². The van der Waals surface area contributed by atoms with E-state index < -0.39 is 0 Å². The van der Waals surface area contributed by atoms with Gasteiger partial charge in [-0.05, 0) is 49.2 Å². The molecule has 1 heterocycles. The van der Waals surface area contributed by atoms with Gasteiger partial charge in [-0.1, -0.05) is 23.7 Å². The molecule has 0 unspecified atom stereocenters. The summed E-state index contributed by atoms with van der Waals surface area (Å²) in [5.41, 5.74) is 2.02. The fraction of sp³-hybridized carbons (Fsp3) is 0.300. The molecule has 1 aromatic heterocycles. The second-order valence-corrected chi connectivity index (χ2v) is 7.59. The SMILES string of the molecule is Cc1cc(Cl)ccc1OCCCC(=O)NCCc1nc2ccccc2s1. The van der Waals surface area contributed by atoms with Crippen molar-refractivity contribution in [2.24, 2.45) is 0 Å². The average Bonchev–Trinajstić information content (AvgIpc) is 3.03. The number of aryl methyl sites for hydroxylation is 1. The first kappa shape index (κ1) is 18.7. The van der Waals surface area contributed by atoms with Crippen molar-refractivity contribution >= 4 is 39.1 Å². The van der Waals surface area contributed by atoms with Gasteiger partial charge in [-0.15, -0.1) is 11.3 Å². The summed E-state index contributed by atoms with van der Waals surface area (Å²) >= 11 is 7.60. The van der Waals surface area contributed by atoms with E-state index in [1.165, 1.54) is 4.70 Å². The van der Waals surface area contributed by atoms with Gasteiger partial charge in [-0.2, -0.15) is 0 Å². The van der Waals surface area contributed by atoms with Gasteiger partial charge < -0.3 is 10.1 Å². The molecule has 0 aliphatic heterocycles. The van der Waals surface area contributed by atoms with E-state index in [4.69, 9.17) is 16.3 Å². The molecule has 3 rings (SSSR count). The number of fused-ring (bicyclic) bond motifs is 1. The number of carbonyl (C=O) groups excluding carboxylic acids is 1. The van der Waals surface area contributed by atoms with Gasteiger partial charge >= 0.3 is 0 Å². The van der Waals surface area contributed by atoms with Crippen LogP contribution >= 0.6 is 22.9 Å². The van der Waals surface area contributed by atoms with Crippen LogP contribution in [0.1, 0.15) is 23.4 Å². The Morgan fingerprint density at radius 3 is 2.92 bits per heavy atom. The zero-order chi connectivity index (χ0) is 18.4. The van der Waals surface area contributed by atoms with Crippen molar-refractivity contribution in [3.63, 3.8) is 0 Å². The standard InChI is InChI=1S/C20H21ClN2O2S/c1-14-13-15(21)8-9-17(14)25-12-4-7-19(24)22-11-10-20-23-16-5-2-3-6-18(16)26-20/h2-3,5-6,8-9,13H,4,7,10-12H2,1H3,(H,22,24). The minimum atomic E-state index is 0.0440. The molecule has 0 atom stereocenters. The largest absolute Gasteiger partial charge is 0.493 e. The number of para-hydroxylation sites is 1. The number of ether oxygens (including phenoxy) is 1. The molecule has 0 aliphatic rings. The summed E-state index contributed by atoms with van der Waals surface area (Å²) in [7, 11) is 0. The van der Waals surface area contributed by atoms with Crippen LogP contribution in [0.5, 0.6) is 5.75 Å². The normalized spacial score (nSPS) is 10.8. The predicted molar refractivity (Wildman–Crippen MR) is 107 cm³/mol. The van der Waals surface area contributed by atoms with Crippen LogP contribution in [-0.4, -0.2) is 24.0 Å². The highest BCUT2D eigenvalue weighted by atomic mass is 35.5. The van der Waals surface area contributed by atoms with E-state index in [1.807, 2.05) is 37.3 Å². The lowest BCUT2D eigenvalue weighted by molar-refractivity contribution is -0.121. The molecule has 2 aromatic carbocycles. The van der Waals surface area contributed by atoms with Crippen LogP contribution in [-0.2, 0) is 11.2 Å². The molecule has 4 nitrogen and oxygen atoms in total. The van der Waals surface area contributed by atoms with Crippen molar-refractivity contribution in [1.29, 1.82) is 0 Å². The maximum absolute atomic E-state index is 11.9. The third kappa shape index (κ3) is 5.19. The van der Waals surface area contributed by atoms with Crippen molar-refractivity contribution in [3.8, 4) is 5.75 Å². The first-order valence-corrected chi connectivity index (χ1v) is 9.81. The lowest BCUT2D eigenvalue weighted by Crippen LogP contribution is -2.25. The topological polar surface area (TPSA) is 51.2 Å². The van der Waals surface area contributed by atoms with E-state index in [0.717, 1.165) is 28.3 Å². The molecule has 3 aromatic rings. The maximum atomic E-state index is 11.9. The van der Waals surface area contributed by atoms with Crippen LogP contribution in [0.15, 0.2) is 42.5 Å². The highest BCUT2D eigenvalue weighted by Crippen LogP contribution is 2.22. The summed E-state index contributed by atoms with van der Waals surface area (Å²) in [6.45, 7) is 3.07. The fourth-order valence-corrected chi connectivity index (χ4v) is 3.81. The average molecular weight is 389 g/mol. The van der Waals surface area contributed by atoms with Crippen molar-refractivity contribution in [2.75, 3.05) is 13.2 Å². The number of rotatable bonds is 8. The molecule has 1 N–H and O–H groups in total. The number of nitrogens with zero attached hydrogens (tertiary/aromatic N) is 1. The van der Waals surface area contributed by atoms with E-state index in [0.29, 0.717) is 31.0 Å². The summed E-state index contributed by atoms with van der Waals surface area (Å²) in [4.78, 5) is 16.5. The Morgan fingerprint density at radius 1 is 1.27 bits per heavy atom. The monoisotopic (exact) mass is 388 g/mol. The van der Waals surface area contributed by atoms with Crippen LogP contribution in [0, 0.1) is 6.92 Å². The quantitative estimate of drug-likeness (QED) is 0.565. The zero-order valence-electron chi connectivity index (χ0n) is 14.6. The number of carbonyl (C=O) groups is 1. The van der Waals surface area contributed by atoms with Crippen molar-refractivity contribution in [3.05, 3.63) is 58.1 Å². The van der Waals surface area contributed by atoms with Gasteiger partial charge in [-0.3, -0.25) is 4.79 Å². The van der Waals surface area contributed by atoms with E-state index in [2.05, 4.69) is 16.4 Å². The van der Waals surface area contributed by atoms with Crippen molar-refractivity contribution < 1.29 is 9.53 Å². The summed E-state index contributed by atoms with van der Waals surface area (Å²) in [6, 6.07) is 13.6. The first-order chi connectivity index (χ1) is 12.6. The maximum Gasteiger partial charge on any atom is 0.220 e. The smallest absolute Gasteiger partial charge is 0.220 e. The van der Waals surface area contributed by atoms with Crippen LogP contribution in [0.2, 0.25) is 5.02 Å². The third-order valence-electron chi connectivity index (χ3n) is 3.94. The minimum Gasteiger partial charge on any atom is -0.493 e. The third-order valence-corrected chi connectivity index (χ3v) is 5.27. The van der Waals surface area contributed by atoms with E-state index in [-0.39, 0.29) is 5.91 Å². The molecule has 0 saturated heterocycles. The highest BCUT2D eigenvalue weighted by Gasteiger charge is 2.06. The van der Waals surface area contributed by atoms with E-state index >= 15 is 0 Å². The Balaban J connectivity index is 1.34. The van der Waals surface area contributed by atoms with Crippen LogP contribution in [0.25, 0.3) is 10.2 Å². The Kier molecular flexibility index (Phi) is 6.47. The van der Waals surface area contributed by atoms with Crippen LogP contribution in [0.3, 0.4) is 0 Å². The Hall–Kier alpha value is -2.11. The fourth-order valence-electron chi connectivity index (χ4n) is 2.61. The summed E-state index contributed by atoms with van der Waals surface area (Å²) in [6.07, 6.45) is 1.88. The summed E-state index contributed by atoms with van der Waals surface area (Å²) < 4.78 is 6.89. The van der Waals surface area contributed by atoms with Crippen molar-refractivity contribution in [1.82, 2.24) is 10.3 Å². The van der Waals surface area contributed by atoms with Crippen LogP contribution in [0.4, 0.5) is 0 Å². The Labute approximate surface area is 162 Å². The Bertz CT molecular complexity index is 861. The van der Waals surface area contributed by atoms with Crippen molar-refractivity contribution in [2.45, 2.75) is 26.2 Å². The molecule has 136 valence electrons. The molecule has 0 aliphatic carbocycles. The molecule has 6 heteroatoms. The molecule has 0 radical (unpaired) electrons. The predicted octanol–water partition coefficient (Wildman–Crippen LogP) is 4.78. The molecule has 0 saturated carbocycles. The highest BCUT2D eigenvalue weighted by molar-refractivity contribution is 7.18. The minimum absolute atomic E-state index is 0.0440. The number of nitrogens with one attached hydrogen (secondary N) is 1. The lowest BCUT2D eigenvalue weighted by atomic mass is 10.2. The van der Waals surface area contributed by atoms with Gasteiger partial charge in [0.15, 0.2) is 0 Å². The first-order valence-electron chi connectivity index (χ1n) is 8.62. The number of benzene rings is 2. The number of amides is 1. The molecule has 0 spiro atoms. The van der Waals surface area contributed by atoms with Gasteiger partial charge in [0, 0.05) is 24.4 Å². The molecule has 0 bridgehead atoms. The van der Waals surface area contributed by atoms with Gasteiger partial charge in [0.2, 0.25) is 5.91 Å². The van der Waals surface area contributed by atoms with Gasteiger partial charge in [0.25, 0.3) is 0 Å². The van der Waals surface area contributed by atoms with Gasteiger partial charge in [0.05, 0.1) is 21.8 Å². The number of aromatic nitrogens is 1.